The van der Waals surface area contributed by atoms with Crippen molar-refractivity contribution in [2.45, 2.75) is 70.6 Å². The van der Waals surface area contributed by atoms with E-state index in [2.05, 4.69) is 6.58 Å². The summed E-state index contributed by atoms with van der Waals surface area (Å²) in [6.07, 6.45) is 6.05. The number of likely N-dealkylation sites (tertiary alicyclic amines) is 1. The fourth-order valence-electron chi connectivity index (χ4n) is 3.51. The van der Waals surface area contributed by atoms with Gasteiger partial charge < -0.3 is 9.47 Å². The summed E-state index contributed by atoms with van der Waals surface area (Å²) in [5.74, 6) is 0.0556. The third-order valence-electron chi connectivity index (χ3n) is 4.30. The third-order valence-corrected chi connectivity index (χ3v) is 4.30. The van der Waals surface area contributed by atoms with Crippen LogP contribution in [0.15, 0.2) is 12.7 Å². The maximum atomic E-state index is 12.5. The molecule has 2 aliphatic rings. The minimum absolute atomic E-state index is 0.101. The minimum atomic E-state index is -0.554. The summed E-state index contributed by atoms with van der Waals surface area (Å²) >= 11 is 0. The predicted octanol–water partition coefficient (Wildman–Crippen LogP) is 3.28. The van der Waals surface area contributed by atoms with Gasteiger partial charge in [0.2, 0.25) is 0 Å². The van der Waals surface area contributed by atoms with E-state index in [0.29, 0.717) is 12.3 Å². The van der Waals surface area contributed by atoms with Crippen LogP contribution in [0, 0.1) is 5.92 Å². The van der Waals surface area contributed by atoms with E-state index in [-0.39, 0.29) is 18.6 Å². The van der Waals surface area contributed by atoms with Crippen LogP contribution in [0.3, 0.4) is 0 Å². The molecule has 1 heterocycles. The molecule has 0 aromatic carbocycles. The lowest BCUT2D eigenvalue weighted by Gasteiger charge is -2.33. The Morgan fingerprint density at radius 2 is 1.95 bits per heavy atom. The normalized spacial score (nSPS) is 28.0. The van der Waals surface area contributed by atoms with E-state index in [4.69, 9.17) is 9.47 Å². The van der Waals surface area contributed by atoms with E-state index in [1.54, 1.807) is 4.90 Å². The van der Waals surface area contributed by atoms with E-state index in [1.807, 2.05) is 20.8 Å². The maximum Gasteiger partial charge on any atom is 0.411 e. The summed E-state index contributed by atoms with van der Waals surface area (Å²) in [5.41, 5.74) is -0.554. The van der Waals surface area contributed by atoms with E-state index in [9.17, 15) is 9.59 Å². The van der Waals surface area contributed by atoms with Crippen molar-refractivity contribution in [3.8, 4) is 0 Å². The fourth-order valence-corrected chi connectivity index (χ4v) is 3.51. The van der Waals surface area contributed by atoms with Crippen molar-refractivity contribution in [1.82, 2.24) is 4.90 Å². The summed E-state index contributed by atoms with van der Waals surface area (Å²) in [6, 6.07) is -0.423. The first-order chi connectivity index (χ1) is 10.3. The minimum Gasteiger partial charge on any atom is -0.458 e. The van der Waals surface area contributed by atoms with Gasteiger partial charge in [-0.2, -0.15) is 0 Å². The molecular formula is C17H27NO4. The number of ether oxygens (including phenoxy) is 2. The SMILES string of the molecule is C=CCOC(=O)N1C(C(=O)OC(C)(C)C)CC2CCCCC21. The smallest absolute Gasteiger partial charge is 0.411 e. The number of hydrogen-bond donors (Lipinski definition) is 0. The Labute approximate surface area is 132 Å². The topological polar surface area (TPSA) is 55.8 Å². The van der Waals surface area contributed by atoms with Gasteiger partial charge in [0.1, 0.15) is 18.2 Å². The van der Waals surface area contributed by atoms with Crippen molar-refractivity contribution in [3.05, 3.63) is 12.7 Å². The molecule has 1 aliphatic carbocycles. The molecule has 5 heteroatoms. The zero-order valence-corrected chi connectivity index (χ0v) is 13.8. The Hall–Kier alpha value is -1.52. The van der Waals surface area contributed by atoms with Crippen LogP contribution in [-0.2, 0) is 14.3 Å². The molecule has 0 bridgehead atoms. The van der Waals surface area contributed by atoms with Crippen molar-refractivity contribution < 1.29 is 19.1 Å². The summed E-state index contributed by atoms with van der Waals surface area (Å²) in [7, 11) is 0. The molecule has 1 saturated heterocycles. The van der Waals surface area contributed by atoms with Gasteiger partial charge in [0.05, 0.1) is 0 Å². The number of carbonyl (C=O) groups is 2. The van der Waals surface area contributed by atoms with Crippen LogP contribution >= 0.6 is 0 Å². The molecule has 3 unspecified atom stereocenters. The molecular weight excluding hydrogens is 282 g/mol. The molecule has 1 amide bonds. The lowest BCUT2D eigenvalue weighted by atomic mass is 9.85. The number of rotatable bonds is 3. The number of carbonyl (C=O) groups excluding carboxylic acids is 2. The zero-order chi connectivity index (χ0) is 16.3. The molecule has 0 N–H and O–H groups in total. The van der Waals surface area contributed by atoms with Gasteiger partial charge in [-0.3, -0.25) is 4.90 Å². The van der Waals surface area contributed by atoms with Crippen molar-refractivity contribution in [1.29, 1.82) is 0 Å². The molecule has 2 rings (SSSR count). The quantitative estimate of drug-likeness (QED) is 0.593. The lowest BCUT2D eigenvalue weighted by Crippen LogP contribution is -2.48. The first-order valence-electron chi connectivity index (χ1n) is 8.12. The summed E-state index contributed by atoms with van der Waals surface area (Å²) < 4.78 is 10.7. The first kappa shape index (κ1) is 16.8. The molecule has 2 fully saturated rings. The van der Waals surface area contributed by atoms with Gasteiger partial charge in [0.15, 0.2) is 0 Å². The fraction of sp³-hybridized carbons (Fsp3) is 0.765. The number of hydrogen-bond acceptors (Lipinski definition) is 4. The summed E-state index contributed by atoms with van der Waals surface area (Å²) in [5, 5.41) is 0. The second kappa shape index (κ2) is 6.71. The Balaban J connectivity index is 2.16. The molecule has 0 aromatic heterocycles. The van der Waals surface area contributed by atoms with E-state index >= 15 is 0 Å². The highest BCUT2D eigenvalue weighted by Crippen LogP contribution is 2.40. The molecule has 1 aliphatic heterocycles. The highest BCUT2D eigenvalue weighted by Gasteiger charge is 2.49. The number of amides is 1. The lowest BCUT2D eigenvalue weighted by molar-refractivity contribution is -0.160. The van der Waals surface area contributed by atoms with Crippen LogP contribution in [0.4, 0.5) is 4.79 Å². The molecule has 0 aromatic rings. The Bertz CT molecular complexity index is 440. The second-order valence-electron chi connectivity index (χ2n) is 7.17. The van der Waals surface area contributed by atoms with Gasteiger partial charge in [-0.1, -0.05) is 25.5 Å². The van der Waals surface area contributed by atoms with Crippen LogP contribution in [0.25, 0.3) is 0 Å². The van der Waals surface area contributed by atoms with Gasteiger partial charge in [-0.25, -0.2) is 9.59 Å². The van der Waals surface area contributed by atoms with E-state index < -0.39 is 17.7 Å². The number of nitrogens with zero attached hydrogens (tertiary/aromatic N) is 1. The van der Waals surface area contributed by atoms with Gasteiger partial charge in [0.25, 0.3) is 0 Å². The number of esters is 1. The largest absolute Gasteiger partial charge is 0.458 e. The van der Waals surface area contributed by atoms with Crippen molar-refractivity contribution >= 4 is 12.1 Å². The van der Waals surface area contributed by atoms with Crippen molar-refractivity contribution in [3.63, 3.8) is 0 Å². The highest BCUT2D eigenvalue weighted by atomic mass is 16.6. The Kier molecular flexibility index (Phi) is 5.14. The van der Waals surface area contributed by atoms with Crippen molar-refractivity contribution in [2.24, 2.45) is 5.92 Å². The Morgan fingerprint density at radius 3 is 2.59 bits per heavy atom. The van der Waals surface area contributed by atoms with Crippen molar-refractivity contribution in [2.75, 3.05) is 6.61 Å². The first-order valence-corrected chi connectivity index (χ1v) is 8.12. The monoisotopic (exact) mass is 309 g/mol. The molecule has 124 valence electrons. The van der Waals surface area contributed by atoms with Crippen LogP contribution in [0.2, 0.25) is 0 Å². The molecule has 22 heavy (non-hydrogen) atoms. The predicted molar refractivity (Wildman–Crippen MR) is 83.4 cm³/mol. The standard InChI is InChI=1S/C17H27NO4/c1-5-10-21-16(20)18-13-9-7-6-8-12(13)11-14(18)15(19)22-17(2,3)4/h5,12-14H,1,6-11H2,2-4H3. The average molecular weight is 309 g/mol. The van der Waals surface area contributed by atoms with E-state index in [0.717, 1.165) is 25.7 Å². The van der Waals surface area contributed by atoms with E-state index in [1.165, 1.54) is 6.08 Å². The van der Waals surface area contributed by atoms with Crippen LogP contribution in [-0.4, -0.2) is 41.3 Å². The third kappa shape index (κ3) is 3.81. The highest BCUT2D eigenvalue weighted by molar-refractivity contribution is 5.82. The zero-order valence-electron chi connectivity index (χ0n) is 13.8. The average Bonchev–Trinajstić information content (AvgIpc) is 2.82. The molecule has 0 spiro atoms. The molecule has 0 radical (unpaired) electrons. The van der Waals surface area contributed by atoms with Gasteiger partial charge in [-0.15, -0.1) is 0 Å². The van der Waals surface area contributed by atoms with Crippen LogP contribution < -0.4 is 0 Å². The summed E-state index contributed by atoms with van der Waals surface area (Å²) in [6.45, 7) is 9.24. The molecule has 5 nitrogen and oxygen atoms in total. The second-order valence-corrected chi connectivity index (χ2v) is 7.17. The van der Waals surface area contributed by atoms with Gasteiger partial charge in [0, 0.05) is 6.04 Å². The number of fused-ring (bicyclic) bond motifs is 1. The molecule has 3 atom stereocenters. The summed E-state index contributed by atoms with van der Waals surface area (Å²) in [4.78, 5) is 26.5. The molecule has 1 saturated carbocycles. The van der Waals surface area contributed by atoms with Crippen LogP contribution in [0.5, 0.6) is 0 Å². The maximum absolute atomic E-state index is 12.5. The van der Waals surface area contributed by atoms with Gasteiger partial charge in [-0.05, 0) is 46.0 Å². The van der Waals surface area contributed by atoms with Gasteiger partial charge >= 0.3 is 12.1 Å². The van der Waals surface area contributed by atoms with Crippen LogP contribution in [0.1, 0.15) is 52.9 Å². The Morgan fingerprint density at radius 1 is 1.27 bits per heavy atom.